The van der Waals surface area contributed by atoms with E-state index in [1.165, 1.54) is 31.9 Å². The standard InChI is InChI=1S/3C31H26Cl4FN7O2/c3*1-5-19(44)41-8-10-42(11-9-41)29-16-12-18(32)27(20-21(33)22(34)24(36)23(35)25(20)38)40-30(16)43(31(45)17(29)13-37)28-15(4)6-7-39-26(28)14(2)3/h3*5-7,12,14H,1,8-11,38H2,2-4H3. The fraction of sp³-hybridized carbons (Fsp3) is 0.258. The summed E-state index contributed by atoms with van der Waals surface area (Å²) in [6.07, 6.45) is 8.65. The molecule has 6 N–H and O–H groups in total. The van der Waals surface area contributed by atoms with Crippen LogP contribution in [0.1, 0.15) is 110 Å². The van der Waals surface area contributed by atoms with E-state index in [9.17, 15) is 57.7 Å². The van der Waals surface area contributed by atoms with E-state index in [2.05, 4.69) is 52.9 Å². The average Bonchev–Trinajstić information content (AvgIpc) is 0.728. The van der Waals surface area contributed by atoms with Gasteiger partial charge >= 0.3 is 0 Å². The molecule has 3 amide bonds. The van der Waals surface area contributed by atoms with Crippen molar-refractivity contribution in [3.05, 3.63) is 252 Å². The molecule has 696 valence electrons. The van der Waals surface area contributed by atoms with Gasteiger partial charge in [-0.15, -0.1) is 0 Å². The number of aromatic nitrogens is 9. The van der Waals surface area contributed by atoms with Crippen molar-refractivity contribution >= 4 is 224 Å². The van der Waals surface area contributed by atoms with Gasteiger partial charge in [0.05, 0.1) is 131 Å². The van der Waals surface area contributed by atoms with Gasteiger partial charge in [-0.1, -0.05) is 200 Å². The number of fused-ring (bicyclic) bond motifs is 3. The van der Waals surface area contributed by atoms with Crippen molar-refractivity contribution in [2.45, 2.75) is 80.1 Å². The van der Waals surface area contributed by atoms with Crippen LogP contribution < -0.4 is 48.6 Å². The van der Waals surface area contributed by atoms with Crippen LogP contribution in [-0.4, -0.2) is 155 Å². The van der Waals surface area contributed by atoms with E-state index in [0.717, 1.165) is 0 Å². The predicted octanol–water partition coefficient (Wildman–Crippen LogP) is 20.8. The third-order valence-corrected chi connectivity index (χ3v) is 27.7. The average molecular weight is 2070 g/mol. The number of benzene rings is 3. The molecule has 12 aromatic rings. The molecule has 3 saturated heterocycles. The molecule has 3 aromatic carbocycles. The number of nitrogen functional groups attached to an aromatic ring is 3. The van der Waals surface area contributed by atoms with Crippen molar-refractivity contribution < 1.29 is 27.6 Å². The molecule has 42 heteroatoms. The Morgan fingerprint density at radius 3 is 0.800 bits per heavy atom. The lowest BCUT2D eigenvalue weighted by Crippen LogP contribution is -2.49. The molecule has 0 spiro atoms. The van der Waals surface area contributed by atoms with Crippen molar-refractivity contribution in [2.75, 3.05) is 110 Å². The lowest BCUT2D eigenvalue weighted by atomic mass is 10.0. The van der Waals surface area contributed by atoms with Crippen LogP contribution in [0.2, 0.25) is 60.3 Å². The molecule has 0 unspecified atom stereocenters. The minimum absolute atomic E-state index is 0.00619. The summed E-state index contributed by atoms with van der Waals surface area (Å²) in [5, 5.41) is 28.8. The summed E-state index contributed by atoms with van der Waals surface area (Å²) >= 11 is 77.0. The highest BCUT2D eigenvalue weighted by Crippen LogP contribution is 2.52. The number of halogens is 15. The van der Waals surface area contributed by atoms with E-state index >= 15 is 0 Å². The Morgan fingerprint density at radius 1 is 0.378 bits per heavy atom. The number of aryl methyl sites for hydroxylation is 3. The predicted molar refractivity (Wildman–Crippen MR) is 533 cm³/mol. The molecular weight excluding hydrogens is 1990 g/mol. The van der Waals surface area contributed by atoms with Crippen molar-refractivity contribution in [2.24, 2.45) is 0 Å². The van der Waals surface area contributed by atoms with Crippen molar-refractivity contribution in [3.8, 4) is 69.0 Å². The Morgan fingerprint density at radius 2 is 0.600 bits per heavy atom. The van der Waals surface area contributed by atoms with Crippen molar-refractivity contribution in [3.63, 3.8) is 0 Å². The van der Waals surface area contributed by atoms with E-state index in [-0.39, 0.29) is 150 Å². The quantitative estimate of drug-likeness (QED) is 0.0371. The van der Waals surface area contributed by atoms with Gasteiger partial charge in [-0.05, 0) is 110 Å². The van der Waals surface area contributed by atoms with Crippen LogP contribution in [0.3, 0.4) is 0 Å². The molecule has 3 fully saturated rings. The number of pyridine rings is 9. The van der Waals surface area contributed by atoms with E-state index in [1.54, 1.807) is 69.7 Å². The monoisotopic (exact) mass is 2060 g/mol. The smallest absolute Gasteiger partial charge is 0.276 e. The van der Waals surface area contributed by atoms with Crippen LogP contribution >= 0.6 is 139 Å². The molecule has 9 aromatic heterocycles. The zero-order valence-corrected chi connectivity index (χ0v) is 82.2. The topological polar surface area (TPSA) is 363 Å². The van der Waals surface area contributed by atoms with Gasteiger partial charge in [0.25, 0.3) is 16.7 Å². The van der Waals surface area contributed by atoms with E-state index < -0.39 is 64.3 Å². The Balaban J connectivity index is 0.000000171. The molecule has 0 aliphatic carbocycles. The molecule has 135 heavy (non-hydrogen) atoms. The largest absolute Gasteiger partial charge is 0.397 e. The summed E-state index contributed by atoms with van der Waals surface area (Å²) in [6, 6.07) is 16.2. The Hall–Kier alpha value is -11.6. The summed E-state index contributed by atoms with van der Waals surface area (Å²) in [5.74, 6) is -4.00. The van der Waals surface area contributed by atoms with Gasteiger partial charge in [0, 0.05) is 130 Å². The van der Waals surface area contributed by atoms with Gasteiger partial charge in [-0.25, -0.2) is 28.1 Å². The second-order valence-corrected chi connectivity index (χ2v) is 36.9. The molecule has 15 rings (SSSR count). The van der Waals surface area contributed by atoms with Gasteiger partial charge < -0.3 is 46.6 Å². The number of nitrogens with zero attached hydrogens (tertiary/aromatic N) is 18. The van der Waals surface area contributed by atoms with E-state index in [0.29, 0.717) is 163 Å². The highest BCUT2D eigenvalue weighted by atomic mass is 35.5. The first kappa shape index (κ1) is 101. The summed E-state index contributed by atoms with van der Waals surface area (Å²) in [4.78, 5) is 119. The van der Waals surface area contributed by atoms with Crippen molar-refractivity contribution in [1.29, 1.82) is 15.8 Å². The number of amides is 3. The SMILES string of the molecule is C=CC(=O)N1CCN(c2c(C#N)c(=O)n(-c3c(C)ccnc3C(C)C)c3nc(-c4c(N)c(Cl)c(F)c(Cl)c4Cl)c(Cl)cc23)CC1.C=CC(=O)N1CCN(c2c(C#N)c(=O)n(-c3c(C)ccnc3C(C)C)c3nc(-c4c(N)c(Cl)c(F)c(Cl)c4Cl)c(Cl)cc23)CC1.C=CC(=O)N1CCN(c2c(C#N)c(=O)n(-c3c(C)ccnc3C(C)C)c3nc(-c4c(N)c(Cl)c(F)c(Cl)c4Cl)c(Cl)cc23)CC1. The molecule has 27 nitrogen and oxygen atoms in total. The molecule has 0 atom stereocenters. The van der Waals surface area contributed by atoms with Gasteiger partial charge in [0.2, 0.25) is 17.7 Å². The first-order valence-electron chi connectivity index (χ1n) is 41.3. The number of nitriles is 3. The number of rotatable bonds is 15. The molecule has 0 saturated carbocycles. The Labute approximate surface area is 830 Å². The number of anilines is 6. The zero-order valence-electron chi connectivity index (χ0n) is 73.2. The lowest BCUT2D eigenvalue weighted by molar-refractivity contribution is -0.127. The Kier molecular flexibility index (Phi) is 30.4. The Bertz CT molecular complexity index is 6640. The van der Waals surface area contributed by atoms with Gasteiger partial charge in [-0.3, -0.25) is 57.4 Å². The van der Waals surface area contributed by atoms with Crippen LogP contribution in [-0.2, 0) is 14.4 Å². The van der Waals surface area contributed by atoms with E-state index in [1.807, 2.05) is 77.0 Å². The summed E-state index contributed by atoms with van der Waals surface area (Å²) in [5.41, 5.74) is 22.0. The minimum atomic E-state index is -0.999. The van der Waals surface area contributed by atoms with Crippen LogP contribution in [0.15, 0.2) is 107 Å². The maximum Gasteiger partial charge on any atom is 0.276 e. The molecule has 0 radical (unpaired) electrons. The number of hydrogen-bond acceptors (Lipinski definition) is 21. The van der Waals surface area contributed by atoms with Crippen LogP contribution in [0.5, 0.6) is 0 Å². The maximum absolute atomic E-state index is 14.6. The normalized spacial score (nSPS) is 13.4. The summed E-state index contributed by atoms with van der Waals surface area (Å²) in [6.45, 7) is 31.6. The third kappa shape index (κ3) is 18.2. The highest BCUT2D eigenvalue weighted by Gasteiger charge is 2.38. The van der Waals surface area contributed by atoms with E-state index in [4.69, 9.17) is 171 Å². The second-order valence-electron chi connectivity index (χ2n) is 32.2. The molecular formula is C93H78Cl12F3N21O6. The fourth-order valence-electron chi connectivity index (χ4n) is 16.6. The van der Waals surface area contributed by atoms with Gasteiger partial charge in [0.1, 0.15) is 66.9 Å². The number of carbonyl (C=O) groups is 3. The maximum atomic E-state index is 14.6. The molecule has 0 bridgehead atoms. The van der Waals surface area contributed by atoms with Crippen molar-refractivity contribution in [1.82, 2.24) is 58.3 Å². The van der Waals surface area contributed by atoms with Crippen LogP contribution in [0.4, 0.5) is 47.3 Å². The number of hydrogen-bond donors (Lipinski definition) is 3. The number of nitrogens with two attached hydrogens (primary N) is 3. The summed E-state index contributed by atoms with van der Waals surface area (Å²) < 4.78 is 47.9. The zero-order chi connectivity index (χ0) is 98.7. The fourth-order valence-corrected chi connectivity index (χ4v) is 19.4. The van der Waals surface area contributed by atoms with Gasteiger partial charge in [0.15, 0.2) is 17.5 Å². The van der Waals surface area contributed by atoms with Crippen LogP contribution in [0, 0.1) is 72.2 Å². The third-order valence-electron chi connectivity index (χ3n) is 23.2. The molecule has 12 heterocycles. The van der Waals surface area contributed by atoms with Gasteiger partial charge in [-0.2, -0.15) is 15.8 Å². The second kappa shape index (κ2) is 40.7. The minimum Gasteiger partial charge on any atom is -0.397 e. The molecule has 3 aliphatic heterocycles. The highest BCUT2D eigenvalue weighted by molar-refractivity contribution is 6.49. The first-order valence-corrected chi connectivity index (χ1v) is 45.8. The first-order chi connectivity index (χ1) is 64.0. The number of piperazine rings is 3. The van der Waals surface area contributed by atoms with Crippen LogP contribution in [0.25, 0.3) is 83.9 Å². The number of carbonyl (C=O) groups excluding carboxylic acids is 3. The molecule has 3 aliphatic rings. The lowest BCUT2D eigenvalue weighted by Gasteiger charge is -2.36. The summed E-state index contributed by atoms with van der Waals surface area (Å²) in [7, 11) is 0.